The fourth-order valence-electron chi connectivity index (χ4n) is 5.11. The Balaban J connectivity index is 1.37. The summed E-state index contributed by atoms with van der Waals surface area (Å²) >= 11 is 0. The third-order valence-corrected chi connectivity index (χ3v) is 7.02. The molecule has 0 radical (unpaired) electrons. The molecule has 5 rings (SSSR count). The van der Waals surface area contributed by atoms with E-state index in [1.54, 1.807) is 24.2 Å². The normalized spacial score (nSPS) is 19.7. The average Bonchev–Trinajstić information content (AvgIpc) is 3.47. The van der Waals surface area contributed by atoms with Gasteiger partial charge in [0.1, 0.15) is 11.9 Å². The number of anilines is 2. The summed E-state index contributed by atoms with van der Waals surface area (Å²) in [7, 11) is 3.67. The summed E-state index contributed by atoms with van der Waals surface area (Å²) in [6.45, 7) is 3.12. The predicted octanol–water partition coefficient (Wildman–Crippen LogP) is 2.66. The van der Waals surface area contributed by atoms with Crippen molar-refractivity contribution in [2.45, 2.75) is 51.2 Å². The second-order valence-corrected chi connectivity index (χ2v) is 9.82. The zero-order chi connectivity index (χ0) is 27.9. The average molecular weight is 548 g/mol. The third-order valence-electron chi connectivity index (χ3n) is 7.02. The number of benzene rings is 1. The number of hydrogen-bond acceptors (Lipinski definition) is 9. The van der Waals surface area contributed by atoms with Crippen molar-refractivity contribution in [1.82, 2.24) is 29.5 Å². The molecule has 1 N–H and O–H groups in total. The topological polar surface area (TPSA) is 115 Å². The van der Waals surface area contributed by atoms with Gasteiger partial charge in [0.05, 0.1) is 43.5 Å². The van der Waals surface area contributed by atoms with E-state index >= 15 is 0 Å². The number of alkyl halides is 3. The van der Waals surface area contributed by atoms with Crippen molar-refractivity contribution in [2.24, 2.45) is 0 Å². The van der Waals surface area contributed by atoms with Gasteiger partial charge in [-0.15, -0.1) is 0 Å². The lowest BCUT2D eigenvalue weighted by atomic mass is 9.99. The molecule has 1 fully saturated rings. The molecule has 2 atom stereocenters. The Morgan fingerprint density at radius 3 is 2.72 bits per heavy atom. The van der Waals surface area contributed by atoms with Gasteiger partial charge in [-0.3, -0.25) is 4.79 Å². The maximum Gasteiger partial charge on any atom is 0.490 e. The molecular weight excluding hydrogens is 519 g/mol. The number of hydrogen-bond donors (Lipinski definition) is 1. The first-order valence-corrected chi connectivity index (χ1v) is 12.4. The quantitative estimate of drug-likeness (QED) is 0.465. The lowest BCUT2D eigenvalue weighted by molar-refractivity contribution is -0.204. The highest BCUT2D eigenvalue weighted by Crippen LogP contribution is 2.33. The van der Waals surface area contributed by atoms with Crippen molar-refractivity contribution in [2.75, 3.05) is 32.6 Å². The van der Waals surface area contributed by atoms with Gasteiger partial charge in [-0.2, -0.15) is 23.3 Å². The summed E-state index contributed by atoms with van der Waals surface area (Å²) in [6, 6.07) is 3.51. The molecule has 4 heterocycles. The molecule has 39 heavy (non-hydrogen) atoms. The zero-order valence-electron chi connectivity index (χ0n) is 21.7. The molecule has 11 nitrogen and oxygen atoms in total. The van der Waals surface area contributed by atoms with Gasteiger partial charge in [-0.25, -0.2) is 14.5 Å². The van der Waals surface area contributed by atoms with Crippen molar-refractivity contribution in [1.29, 1.82) is 0 Å². The van der Waals surface area contributed by atoms with E-state index in [1.807, 2.05) is 12.1 Å². The van der Waals surface area contributed by atoms with E-state index in [0.717, 1.165) is 19.5 Å². The van der Waals surface area contributed by atoms with Crippen molar-refractivity contribution >= 4 is 34.5 Å². The van der Waals surface area contributed by atoms with E-state index in [9.17, 15) is 22.8 Å². The molecule has 2 aliphatic rings. The number of likely N-dealkylation sites (tertiary alicyclic amines) is 1. The predicted molar refractivity (Wildman–Crippen MR) is 133 cm³/mol. The number of carbonyl (C=O) groups is 2. The second-order valence-electron chi connectivity index (χ2n) is 9.82. The monoisotopic (exact) mass is 547 g/mol. The van der Waals surface area contributed by atoms with Crippen molar-refractivity contribution in [3.05, 3.63) is 35.7 Å². The van der Waals surface area contributed by atoms with Crippen LogP contribution in [0, 0.1) is 0 Å². The number of nitrogens with one attached hydrogen (secondary N) is 1. The highest BCUT2D eigenvalue weighted by Gasteiger charge is 2.45. The maximum absolute atomic E-state index is 12.7. The lowest BCUT2D eigenvalue weighted by Gasteiger charge is -2.26. The molecule has 2 aliphatic heterocycles. The number of ether oxygens (including phenoxy) is 2. The van der Waals surface area contributed by atoms with Crippen LogP contribution in [0.5, 0.6) is 5.75 Å². The van der Waals surface area contributed by atoms with Crippen LogP contribution in [-0.2, 0) is 33.8 Å². The van der Waals surface area contributed by atoms with Gasteiger partial charge in [0, 0.05) is 32.6 Å². The molecule has 208 valence electrons. The molecule has 3 aromatic rings. The van der Waals surface area contributed by atoms with E-state index in [0.29, 0.717) is 28.4 Å². The van der Waals surface area contributed by atoms with E-state index in [4.69, 9.17) is 4.74 Å². The number of halogens is 3. The molecule has 0 bridgehead atoms. The van der Waals surface area contributed by atoms with Crippen LogP contribution in [0.2, 0.25) is 0 Å². The van der Waals surface area contributed by atoms with Crippen LogP contribution in [0.15, 0.2) is 24.5 Å². The van der Waals surface area contributed by atoms with Gasteiger partial charge in [0.15, 0.2) is 5.65 Å². The Morgan fingerprint density at radius 2 is 2.00 bits per heavy atom. The van der Waals surface area contributed by atoms with Gasteiger partial charge >= 0.3 is 12.1 Å². The van der Waals surface area contributed by atoms with E-state index in [-0.39, 0.29) is 25.4 Å². The first-order valence-electron chi connectivity index (χ1n) is 12.4. The Bertz CT molecular complexity index is 1410. The Labute approximate surface area is 221 Å². The molecular formula is C25H28F3N7O4. The van der Waals surface area contributed by atoms with Crippen LogP contribution in [0.25, 0.3) is 11.0 Å². The van der Waals surface area contributed by atoms with Gasteiger partial charge < -0.3 is 24.6 Å². The number of rotatable bonds is 6. The second kappa shape index (κ2) is 10.3. The number of methoxy groups -OCH3 is 1. The number of nitrogens with zero attached hydrogens (tertiary/aromatic N) is 6. The van der Waals surface area contributed by atoms with Crippen LogP contribution in [0.3, 0.4) is 0 Å². The first kappa shape index (κ1) is 26.7. The minimum atomic E-state index is -5.10. The molecule has 14 heteroatoms. The standard InChI is InChI=1S/C25H28F3N7O4/c1-14(36)34-13-19(39-23(37)25(26,27)28)8-18(34)12-35-22-17(10-30-35)9-29-24(32-22)31-20-6-16-11-33(2)5-4-15(16)7-21(20)38-3/h6-7,9-10,18-19H,4-5,8,11-13H2,1-3H3,(H,29,31,32)/t18-,19+/m0/s1. The Hall–Kier alpha value is -3.94. The van der Waals surface area contributed by atoms with E-state index in [2.05, 4.69) is 37.1 Å². The van der Waals surface area contributed by atoms with Crippen LogP contribution in [0.1, 0.15) is 24.5 Å². The fourth-order valence-corrected chi connectivity index (χ4v) is 5.11. The highest BCUT2D eigenvalue weighted by atomic mass is 19.4. The number of aromatic nitrogens is 4. The summed E-state index contributed by atoms with van der Waals surface area (Å²) in [6.07, 6.45) is -2.02. The van der Waals surface area contributed by atoms with Gasteiger partial charge in [0.2, 0.25) is 11.9 Å². The largest absolute Gasteiger partial charge is 0.495 e. The first-order chi connectivity index (χ1) is 18.5. The third kappa shape index (κ3) is 5.60. The fraction of sp³-hybridized carbons (Fsp3) is 0.480. The minimum Gasteiger partial charge on any atom is -0.495 e. The lowest BCUT2D eigenvalue weighted by Crippen LogP contribution is -2.37. The molecule has 1 aromatic carbocycles. The minimum absolute atomic E-state index is 0.0414. The van der Waals surface area contributed by atoms with Crippen LogP contribution in [0.4, 0.5) is 24.8 Å². The van der Waals surface area contributed by atoms with E-state index in [1.165, 1.54) is 23.0 Å². The summed E-state index contributed by atoms with van der Waals surface area (Å²) in [5.41, 5.74) is 3.61. The molecule has 1 saturated heterocycles. The van der Waals surface area contributed by atoms with Crippen LogP contribution in [-0.4, -0.2) is 87.0 Å². The summed E-state index contributed by atoms with van der Waals surface area (Å²) in [5.74, 6) is -1.64. The Morgan fingerprint density at radius 1 is 1.21 bits per heavy atom. The van der Waals surface area contributed by atoms with Crippen LogP contribution >= 0.6 is 0 Å². The summed E-state index contributed by atoms with van der Waals surface area (Å²) in [4.78, 5) is 36.2. The molecule has 0 spiro atoms. The molecule has 2 aromatic heterocycles. The van der Waals surface area contributed by atoms with E-state index < -0.39 is 24.3 Å². The molecule has 0 unspecified atom stereocenters. The van der Waals surface area contributed by atoms with Gasteiger partial charge in [0.25, 0.3) is 0 Å². The summed E-state index contributed by atoms with van der Waals surface area (Å²) in [5, 5.41) is 8.23. The van der Waals surface area contributed by atoms with Crippen molar-refractivity contribution in [3.8, 4) is 5.75 Å². The highest BCUT2D eigenvalue weighted by molar-refractivity contribution is 5.77. The number of likely N-dealkylation sites (N-methyl/N-ethyl adjacent to an activating group) is 1. The number of carbonyl (C=O) groups excluding carboxylic acids is 2. The van der Waals surface area contributed by atoms with Crippen molar-refractivity contribution in [3.63, 3.8) is 0 Å². The SMILES string of the molecule is COc1cc2c(cc1Nc1ncc3cnn(C[C@@H]4C[C@@H](OC(=O)C(F)(F)F)CN4C(C)=O)c3n1)CN(C)CC2. The van der Waals surface area contributed by atoms with Gasteiger partial charge in [-0.05, 0) is 36.7 Å². The number of amides is 1. The molecule has 0 aliphatic carbocycles. The number of fused-ring (bicyclic) bond motifs is 2. The molecule has 0 saturated carbocycles. The zero-order valence-corrected chi connectivity index (χ0v) is 21.7. The number of esters is 1. The maximum atomic E-state index is 12.7. The molecule has 1 amide bonds. The summed E-state index contributed by atoms with van der Waals surface area (Å²) < 4.78 is 49.8. The smallest absolute Gasteiger partial charge is 0.490 e. The van der Waals surface area contributed by atoms with Gasteiger partial charge in [-0.1, -0.05) is 0 Å². The van der Waals surface area contributed by atoms with Crippen LogP contribution < -0.4 is 10.1 Å². The van der Waals surface area contributed by atoms with Crippen molar-refractivity contribution < 1.29 is 32.2 Å². The Kier molecular flexibility index (Phi) is 7.05.